The third-order valence-electron chi connectivity index (χ3n) is 3.59. The number of anilines is 2. The van der Waals surface area contributed by atoms with Crippen LogP contribution in [0.1, 0.15) is 29.9 Å². The number of nitrogens with zero attached hydrogens (tertiary/aromatic N) is 2. The summed E-state index contributed by atoms with van der Waals surface area (Å²) in [6.07, 6.45) is 3.15. The standard InChI is InChI=1S/C16H14FN3O2.C2H6/c1-9-3-4-12(11(17)7-9)19-14-10-8-18-6-5-13(10)20(2)15(14)16(21)22;1-2/h3-8,19H,1-2H3,(H,21,22);1-2H3. The molecule has 2 heterocycles. The number of halogens is 1. The van der Waals surface area contributed by atoms with Gasteiger partial charge in [0.05, 0.1) is 16.9 Å². The van der Waals surface area contributed by atoms with E-state index in [0.717, 1.165) is 5.56 Å². The first-order valence-electron chi connectivity index (χ1n) is 7.68. The number of aromatic nitrogens is 2. The Labute approximate surface area is 139 Å². The van der Waals surface area contributed by atoms with Crippen LogP contribution in [0.2, 0.25) is 0 Å². The molecule has 0 spiro atoms. The molecule has 24 heavy (non-hydrogen) atoms. The van der Waals surface area contributed by atoms with Crippen molar-refractivity contribution in [3.63, 3.8) is 0 Å². The van der Waals surface area contributed by atoms with E-state index in [1.165, 1.54) is 6.07 Å². The summed E-state index contributed by atoms with van der Waals surface area (Å²) in [5.74, 6) is -1.52. The number of carboxylic acid groups (broad SMARTS) is 1. The summed E-state index contributed by atoms with van der Waals surface area (Å²) in [7, 11) is 1.66. The van der Waals surface area contributed by atoms with Gasteiger partial charge in [-0.25, -0.2) is 9.18 Å². The van der Waals surface area contributed by atoms with Crippen LogP contribution in [-0.4, -0.2) is 20.6 Å². The second-order valence-electron chi connectivity index (χ2n) is 5.09. The fraction of sp³-hybridized carbons (Fsp3) is 0.222. The van der Waals surface area contributed by atoms with Crippen molar-refractivity contribution < 1.29 is 14.3 Å². The molecule has 0 fully saturated rings. The summed E-state index contributed by atoms with van der Waals surface area (Å²) in [6.45, 7) is 5.79. The average Bonchev–Trinajstić information content (AvgIpc) is 2.85. The van der Waals surface area contributed by atoms with Gasteiger partial charge < -0.3 is 15.0 Å². The normalized spacial score (nSPS) is 10.2. The maximum Gasteiger partial charge on any atom is 0.354 e. The Balaban J connectivity index is 0.00000100. The Morgan fingerprint density at radius 2 is 2.00 bits per heavy atom. The lowest BCUT2D eigenvalue weighted by molar-refractivity contribution is 0.0688. The van der Waals surface area contributed by atoms with E-state index < -0.39 is 11.8 Å². The Kier molecular flexibility index (Phi) is 5.18. The minimum absolute atomic E-state index is 0.0583. The number of hydrogen-bond acceptors (Lipinski definition) is 3. The van der Waals surface area contributed by atoms with Gasteiger partial charge in [0, 0.05) is 24.8 Å². The van der Waals surface area contributed by atoms with Crippen molar-refractivity contribution in [3.8, 4) is 0 Å². The monoisotopic (exact) mass is 329 g/mol. The van der Waals surface area contributed by atoms with E-state index in [2.05, 4.69) is 10.3 Å². The highest BCUT2D eigenvalue weighted by atomic mass is 19.1. The van der Waals surface area contributed by atoms with Crippen LogP contribution in [-0.2, 0) is 7.05 Å². The van der Waals surface area contributed by atoms with Gasteiger partial charge in [-0.2, -0.15) is 0 Å². The van der Waals surface area contributed by atoms with Crippen LogP contribution >= 0.6 is 0 Å². The number of aryl methyl sites for hydroxylation is 2. The van der Waals surface area contributed by atoms with E-state index in [4.69, 9.17) is 0 Å². The van der Waals surface area contributed by atoms with E-state index in [9.17, 15) is 14.3 Å². The van der Waals surface area contributed by atoms with Gasteiger partial charge in [-0.05, 0) is 30.7 Å². The molecule has 2 N–H and O–H groups in total. The molecule has 0 saturated carbocycles. The number of carboxylic acids is 1. The van der Waals surface area contributed by atoms with Crippen LogP contribution in [0.25, 0.3) is 10.9 Å². The molecule has 0 bridgehead atoms. The summed E-state index contributed by atoms with van der Waals surface area (Å²) >= 11 is 0. The minimum Gasteiger partial charge on any atom is -0.477 e. The molecule has 0 atom stereocenters. The van der Waals surface area contributed by atoms with Gasteiger partial charge in [-0.3, -0.25) is 4.98 Å². The smallest absolute Gasteiger partial charge is 0.354 e. The average molecular weight is 329 g/mol. The van der Waals surface area contributed by atoms with Gasteiger partial charge in [-0.15, -0.1) is 0 Å². The quantitative estimate of drug-likeness (QED) is 0.743. The van der Waals surface area contributed by atoms with Gasteiger partial charge in [0.1, 0.15) is 5.82 Å². The number of pyridine rings is 1. The third-order valence-corrected chi connectivity index (χ3v) is 3.59. The zero-order valence-corrected chi connectivity index (χ0v) is 14.1. The molecule has 2 aromatic heterocycles. The predicted molar refractivity (Wildman–Crippen MR) is 93.4 cm³/mol. The van der Waals surface area contributed by atoms with Gasteiger partial charge >= 0.3 is 5.97 Å². The second-order valence-corrected chi connectivity index (χ2v) is 5.09. The first-order valence-corrected chi connectivity index (χ1v) is 7.68. The maximum atomic E-state index is 14.0. The van der Waals surface area contributed by atoms with Gasteiger partial charge in [-0.1, -0.05) is 19.9 Å². The number of benzene rings is 1. The molecule has 0 amide bonds. The lowest BCUT2D eigenvalue weighted by atomic mass is 10.2. The summed E-state index contributed by atoms with van der Waals surface area (Å²) in [5.41, 5.74) is 2.12. The SMILES string of the molecule is CC.Cc1ccc(Nc2c(C(=O)O)n(C)c3ccncc23)c(F)c1. The summed E-state index contributed by atoms with van der Waals surface area (Å²) < 4.78 is 15.6. The number of rotatable bonds is 3. The van der Waals surface area contributed by atoms with Crippen LogP contribution in [0.4, 0.5) is 15.8 Å². The maximum absolute atomic E-state index is 14.0. The molecular formula is C18H20FN3O2. The van der Waals surface area contributed by atoms with E-state index in [-0.39, 0.29) is 11.4 Å². The van der Waals surface area contributed by atoms with E-state index in [0.29, 0.717) is 16.6 Å². The van der Waals surface area contributed by atoms with E-state index in [1.807, 2.05) is 13.8 Å². The largest absolute Gasteiger partial charge is 0.477 e. The molecule has 0 radical (unpaired) electrons. The van der Waals surface area contributed by atoms with E-state index in [1.54, 1.807) is 49.1 Å². The molecule has 3 aromatic rings. The molecule has 0 aliphatic carbocycles. The van der Waals surface area contributed by atoms with Crippen molar-refractivity contribution >= 4 is 28.2 Å². The van der Waals surface area contributed by atoms with Crippen molar-refractivity contribution in [2.45, 2.75) is 20.8 Å². The molecule has 5 nitrogen and oxygen atoms in total. The molecule has 1 aromatic carbocycles. The first kappa shape index (κ1) is 17.5. The molecule has 0 saturated heterocycles. The van der Waals surface area contributed by atoms with Crippen molar-refractivity contribution in [3.05, 3.63) is 53.7 Å². The van der Waals surface area contributed by atoms with Gasteiger partial charge in [0.15, 0.2) is 5.69 Å². The molecule has 0 unspecified atom stereocenters. The topological polar surface area (TPSA) is 67.2 Å². The summed E-state index contributed by atoms with van der Waals surface area (Å²) in [4.78, 5) is 15.6. The van der Waals surface area contributed by atoms with Crippen LogP contribution in [0, 0.1) is 12.7 Å². The zero-order chi connectivity index (χ0) is 17.9. The fourth-order valence-corrected chi connectivity index (χ4v) is 2.52. The molecule has 6 heteroatoms. The van der Waals surface area contributed by atoms with Crippen molar-refractivity contribution in [1.82, 2.24) is 9.55 Å². The van der Waals surface area contributed by atoms with Crippen molar-refractivity contribution in [1.29, 1.82) is 0 Å². The zero-order valence-electron chi connectivity index (χ0n) is 14.1. The number of carbonyl (C=O) groups is 1. The van der Waals surface area contributed by atoms with Gasteiger partial charge in [0.2, 0.25) is 0 Å². The molecule has 3 rings (SSSR count). The van der Waals surface area contributed by atoms with Crippen LogP contribution < -0.4 is 5.32 Å². The highest BCUT2D eigenvalue weighted by Gasteiger charge is 2.21. The fourth-order valence-electron chi connectivity index (χ4n) is 2.52. The number of fused-ring (bicyclic) bond motifs is 1. The van der Waals surface area contributed by atoms with E-state index >= 15 is 0 Å². The summed E-state index contributed by atoms with van der Waals surface area (Å²) in [6, 6.07) is 6.46. The Hall–Kier alpha value is -2.89. The van der Waals surface area contributed by atoms with Crippen LogP contribution in [0.5, 0.6) is 0 Å². The Morgan fingerprint density at radius 1 is 1.29 bits per heavy atom. The van der Waals surface area contributed by atoms with Crippen molar-refractivity contribution in [2.24, 2.45) is 7.05 Å². The Morgan fingerprint density at radius 3 is 2.62 bits per heavy atom. The predicted octanol–water partition coefficient (Wildman–Crippen LogP) is 4.49. The van der Waals surface area contributed by atoms with Gasteiger partial charge in [0.25, 0.3) is 0 Å². The first-order chi connectivity index (χ1) is 11.5. The number of aromatic carboxylic acids is 1. The molecule has 0 aliphatic heterocycles. The number of nitrogens with one attached hydrogen (secondary N) is 1. The molecular weight excluding hydrogens is 309 g/mol. The van der Waals surface area contributed by atoms with Crippen molar-refractivity contribution in [2.75, 3.05) is 5.32 Å². The second kappa shape index (κ2) is 7.12. The lowest BCUT2D eigenvalue weighted by Gasteiger charge is -2.09. The molecule has 126 valence electrons. The highest BCUT2D eigenvalue weighted by Crippen LogP contribution is 2.33. The summed E-state index contributed by atoms with van der Waals surface area (Å²) in [5, 5.41) is 13.0. The Bertz CT molecular complexity index is 887. The van der Waals surface area contributed by atoms with Crippen LogP contribution in [0.3, 0.4) is 0 Å². The third kappa shape index (κ3) is 3.08. The minimum atomic E-state index is -1.09. The number of hydrogen-bond donors (Lipinski definition) is 2. The highest BCUT2D eigenvalue weighted by molar-refractivity contribution is 6.07. The molecule has 0 aliphatic rings. The lowest BCUT2D eigenvalue weighted by Crippen LogP contribution is -2.07. The van der Waals surface area contributed by atoms with Crippen LogP contribution in [0.15, 0.2) is 36.7 Å².